The Labute approximate surface area is 230 Å². The normalized spacial score (nSPS) is 24.5. The average Bonchev–Trinajstić information content (AvgIpc) is 3.51. The van der Waals surface area contributed by atoms with E-state index in [9.17, 15) is 9.59 Å². The first-order valence-corrected chi connectivity index (χ1v) is 14.6. The first kappa shape index (κ1) is 26.0. The van der Waals surface area contributed by atoms with Crippen molar-refractivity contribution in [2.45, 2.75) is 75.8 Å². The number of carbonyl (C=O) groups is 2. The summed E-state index contributed by atoms with van der Waals surface area (Å²) < 4.78 is 10.9. The Morgan fingerprint density at radius 2 is 1.72 bits per heavy atom. The number of nitrogens with one attached hydrogen (secondary N) is 1. The van der Waals surface area contributed by atoms with Gasteiger partial charge in [0.15, 0.2) is 11.5 Å². The molecule has 3 atom stereocenters. The number of hydrogen-bond acceptors (Lipinski definition) is 5. The summed E-state index contributed by atoms with van der Waals surface area (Å²) in [6.45, 7) is 2.64. The molecule has 2 bridgehead atoms. The van der Waals surface area contributed by atoms with E-state index in [0.717, 1.165) is 38.2 Å². The first-order chi connectivity index (χ1) is 19.0. The first-order valence-electron chi connectivity index (χ1n) is 14.6. The van der Waals surface area contributed by atoms with E-state index in [1.165, 1.54) is 50.5 Å². The topological polar surface area (TPSA) is 97.1 Å². The minimum atomic E-state index is -0.366. The Kier molecular flexibility index (Phi) is 7.64. The second-order valence-corrected chi connectivity index (χ2v) is 11.7. The van der Waals surface area contributed by atoms with Crippen LogP contribution in [-0.4, -0.2) is 60.2 Å². The maximum absolute atomic E-state index is 13.5. The van der Waals surface area contributed by atoms with Crippen molar-refractivity contribution in [3.05, 3.63) is 53.6 Å². The number of ether oxygens (including phenoxy) is 2. The van der Waals surface area contributed by atoms with Crippen molar-refractivity contribution in [3.8, 4) is 11.5 Å². The molecule has 0 spiro atoms. The molecule has 3 N–H and O–H groups in total. The van der Waals surface area contributed by atoms with Crippen LogP contribution in [0.15, 0.2) is 42.5 Å². The summed E-state index contributed by atoms with van der Waals surface area (Å²) in [7, 11) is 0. The Balaban J connectivity index is 1.11. The Morgan fingerprint density at radius 3 is 2.49 bits per heavy atom. The molecule has 3 heterocycles. The lowest BCUT2D eigenvalue weighted by Gasteiger charge is -2.40. The fraction of sp³-hybridized carbons (Fsp3) is 0.548. The van der Waals surface area contributed by atoms with Crippen molar-refractivity contribution in [2.24, 2.45) is 11.7 Å². The second kappa shape index (κ2) is 11.5. The molecular weight excluding hydrogens is 492 g/mol. The van der Waals surface area contributed by atoms with Gasteiger partial charge in [-0.2, -0.15) is 0 Å². The minimum absolute atomic E-state index is 0.0371. The number of carbonyl (C=O) groups excluding carboxylic acids is 2. The molecule has 3 aliphatic heterocycles. The number of hydrogen-bond donors (Lipinski definition) is 2. The number of anilines is 1. The van der Waals surface area contributed by atoms with Crippen LogP contribution in [0, 0.1) is 5.92 Å². The molecule has 8 heteroatoms. The third kappa shape index (κ3) is 5.86. The number of primary amides is 1. The van der Waals surface area contributed by atoms with Gasteiger partial charge in [-0.25, -0.2) is 4.79 Å². The van der Waals surface area contributed by atoms with E-state index in [-0.39, 0.29) is 18.7 Å². The summed E-state index contributed by atoms with van der Waals surface area (Å²) in [5.74, 6) is 2.04. The molecule has 1 unspecified atom stereocenters. The van der Waals surface area contributed by atoms with Gasteiger partial charge in [-0.15, -0.1) is 0 Å². The van der Waals surface area contributed by atoms with Gasteiger partial charge in [0, 0.05) is 49.0 Å². The van der Waals surface area contributed by atoms with Gasteiger partial charge in [0.05, 0.1) is 0 Å². The Morgan fingerprint density at radius 1 is 0.949 bits per heavy atom. The van der Waals surface area contributed by atoms with Crippen LogP contribution in [0.5, 0.6) is 11.5 Å². The molecule has 2 aromatic rings. The van der Waals surface area contributed by atoms with E-state index in [0.29, 0.717) is 41.0 Å². The number of amides is 3. The molecule has 4 aliphatic rings. The fourth-order valence-corrected chi connectivity index (χ4v) is 7.23. The van der Waals surface area contributed by atoms with Crippen LogP contribution >= 0.6 is 0 Å². The van der Waals surface area contributed by atoms with E-state index in [1.807, 2.05) is 35.2 Å². The molecule has 3 fully saturated rings. The second-order valence-electron chi connectivity index (χ2n) is 11.7. The zero-order valence-electron chi connectivity index (χ0n) is 22.6. The predicted molar refractivity (Wildman–Crippen MR) is 150 cm³/mol. The minimum Gasteiger partial charge on any atom is -0.454 e. The highest BCUT2D eigenvalue weighted by atomic mass is 16.7. The summed E-state index contributed by atoms with van der Waals surface area (Å²) in [6.07, 6.45) is 10.8. The molecule has 0 radical (unpaired) electrons. The number of nitrogens with two attached hydrogens (primary N) is 1. The van der Waals surface area contributed by atoms with Crippen molar-refractivity contribution in [1.29, 1.82) is 0 Å². The number of rotatable bonds is 8. The third-order valence-corrected chi connectivity index (χ3v) is 9.27. The van der Waals surface area contributed by atoms with E-state index in [4.69, 9.17) is 15.2 Å². The number of nitrogens with zero attached hydrogens (tertiary/aromatic N) is 2. The van der Waals surface area contributed by atoms with Crippen molar-refractivity contribution in [1.82, 2.24) is 9.80 Å². The highest BCUT2D eigenvalue weighted by molar-refractivity contribution is 5.93. The van der Waals surface area contributed by atoms with Crippen LogP contribution in [0.4, 0.5) is 10.5 Å². The summed E-state index contributed by atoms with van der Waals surface area (Å²) in [5, 5.41) is 3.13. The van der Waals surface area contributed by atoms with Gasteiger partial charge in [0.2, 0.25) is 12.7 Å². The van der Waals surface area contributed by atoms with Crippen LogP contribution in [0.2, 0.25) is 0 Å². The summed E-state index contributed by atoms with van der Waals surface area (Å²) >= 11 is 0. The average molecular weight is 533 g/mol. The van der Waals surface area contributed by atoms with Crippen LogP contribution in [0.25, 0.3) is 0 Å². The smallest absolute Gasteiger partial charge is 0.321 e. The number of fused-ring (bicyclic) bond motifs is 3. The quantitative estimate of drug-likeness (QED) is 0.478. The maximum atomic E-state index is 13.5. The lowest BCUT2D eigenvalue weighted by molar-refractivity contribution is 0.0999. The van der Waals surface area contributed by atoms with Crippen LogP contribution in [0.3, 0.4) is 0 Å². The standard InChI is InChI=1S/C31H40N4O4/c32-30(36)23-8-4-7-22(15-23)24-16-26-10-11-27(17-24)35(26)14-13-34(19-21-5-2-1-3-6-21)31(37)33-25-9-12-28-29(18-25)39-20-38-28/h4,7-9,12,15,18,21,24,26-27H,1-3,5-6,10-11,13-14,16-17,19-20H2,(H2,32,36)(H,33,37)/t24?,26-,27+. The Bertz CT molecular complexity index is 1180. The van der Waals surface area contributed by atoms with Gasteiger partial charge in [-0.1, -0.05) is 31.4 Å². The molecular formula is C31H40N4O4. The van der Waals surface area contributed by atoms with E-state index in [2.05, 4.69) is 16.3 Å². The van der Waals surface area contributed by atoms with Crippen molar-refractivity contribution >= 4 is 17.6 Å². The van der Waals surface area contributed by atoms with Gasteiger partial charge in [-0.05, 0) is 80.2 Å². The highest BCUT2D eigenvalue weighted by Gasteiger charge is 2.41. The van der Waals surface area contributed by atoms with Crippen molar-refractivity contribution < 1.29 is 19.1 Å². The molecule has 2 saturated heterocycles. The lowest BCUT2D eigenvalue weighted by atomic mass is 9.84. The summed E-state index contributed by atoms with van der Waals surface area (Å²) in [6, 6.07) is 14.4. The summed E-state index contributed by atoms with van der Waals surface area (Å²) in [4.78, 5) is 29.9. The van der Waals surface area contributed by atoms with Crippen molar-refractivity contribution in [3.63, 3.8) is 0 Å². The monoisotopic (exact) mass is 532 g/mol. The predicted octanol–water partition coefficient (Wildman–Crippen LogP) is 5.34. The van der Waals surface area contributed by atoms with Gasteiger partial charge in [0.1, 0.15) is 0 Å². The fourth-order valence-electron chi connectivity index (χ4n) is 7.23. The van der Waals surface area contributed by atoms with Crippen LogP contribution in [-0.2, 0) is 0 Å². The maximum Gasteiger partial charge on any atom is 0.321 e. The number of urea groups is 1. The lowest BCUT2D eigenvalue weighted by Crippen LogP contribution is -2.48. The molecule has 0 aromatic heterocycles. The molecule has 208 valence electrons. The summed E-state index contributed by atoms with van der Waals surface area (Å²) in [5.41, 5.74) is 8.09. The van der Waals surface area contributed by atoms with Crippen LogP contribution in [0.1, 0.15) is 79.6 Å². The third-order valence-electron chi connectivity index (χ3n) is 9.27. The van der Waals surface area contributed by atoms with Gasteiger partial charge in [0.25, 0.3) is 0 Å². The number of piperidine rings is 1. The van der Waals surface area contributed by atoms with E-state index in [1.54, 1.807) is 6.07 Å². The van der Waals surface area contributed by atoms with Gasteiger partial charge >= 0.3 is 6.03 Å². The molecule has 1 saturated carbocycles. The largest absolute Gasteiger partial charge is 0.454 e. The number of benzene rings is 2. The van der Waals surface area contributed by atoms with E-state index < -0.39 is 0 Å². The zero-order valence-corrected chi connectivity index (χ0v) is 22.6. The highest BCUT2D eigenvalue weighted by Crippen LogP contribution is 2.43. The SMILES string of the molecule is NC(=O)c1cccc(C2C[C@H]3CC[C@@H](C2)N3CCN(CC2CCCCC2)C(=O)Nc2ccc3c(c2)OCO3)c1. The molecule has 6 rings (SSSR count). The van der Waals surface area contributed by atoms with Crippen LogP contribution < -0.4 is 20.5 Å². The molecule has 8 nitrogen and oxygen atoms in total. The molecule has 2 aromatic carbocycles. The van der Waals surface area contributed by atoms with Gasteiger partial charge in [-0.3, -0.25) is 9.69 Å². The molecule has 39 heavy (non-hydrogen) atoms. The molecule has 3 amide bonds. The molecule has 1 aliphatic carbocycles. The Hall–Kier alpha value is -3.26. The zero-order chi connectivity index (χ0) is 26.8. The van der Waals surface area contributed by atoms with Gasteiger partial charge < -0.3 is 25.4 Å². The van der Waals surface area contributed by atoms with E-state index >= 15 is 0 Å². The van der Waals surface area contributed by atoms with Crippen molar-refractivity contribution in [2.75, 3.05) is 31.7 Å².